The molecule has 0 amide bonds. The molecule has 0 saturated heterocycles. The molecule has 1 fully saturated rings. The van der Waals surface area contributed by atoms with Crippen molar-refractivity contribution in [3.8, 4) is 0 Å². The molecule has 1 aliphatic carbocycles. The monoisotopic (exact) mass is 176 g/mol. The van der Waals surface area contributed by atoms with E-state index in [2.05, 4.69) is 0 Å². The molecule has 0 aromatic rings. The van der Waals surface area contributed by atoms with E-state index in [1.54, 1.807) is 0 Å². The second kappa shape index (κ2) is 3.73. The average molecular weight is 176 g/mol. The fourth-order valence-electron chi connectivity index (χ4n) is 1.74. The van der Waals surface area contributed by atoms with Gasteiger partial charge in [0.2, 0.25) is 7.37 Å². The van der Waals surface area contributed by atoms with Crippen molar-refractivity contribution in [1.29, 1.82) is 0 Å². The summed E-state index contributed by atoms with van der Waals surface area (Å²) in [5, 5.41) is 0. The van der Waals surface area contributed by atoms with Crippen LogP contribution in [-0.4, -0.2) is 16.7 Å². The second-order valence-electron chi connectivity index (χ2n) is 3.36. The molecule has 0 heterocycles. The summed E-state index contributed by atoms with van der Waals surface area (Å²) >= 11 is 0. The van der Waals surface area contributed by atoms with Crippen molar-refractivity contribution in [1.82, 2.24) is 0 Å². The second-order valence-corrected chi connectivity index (χ2v) is 6.24. The quantitative estimate of drug-likeness (QED) is 0.656. The smallest absolute Gasteiger partial charge is 0.203 e. The molecule has 11 heavy (non-hydrogen) atoms. The first-order chi connectivity index (χ1) is 5.17. The Balaban J connectivity index is 2.51. The molecule has 0 radical (unpaired) electrons. The molecule has 66 valence electrons. The predicted molar refractivity (Wildman–Crippen MR) is 47.2 cm³/mol. The van der Waals surface area contributed by atoms with Crippen molar-refractivity contribution in [2.75, 3.05) is 6.16 Å². The Morgan fingerprint density at radius 3 is 2.36 bits per heavy atom. The SMILES string of the molecule is CCP(=O)(O)C1CCCCC1. The van der Waals surface area contributed by atoms with Gasteiger partial charge in [-0.05, 0) is 12.8 Å². The van der Waals surface area contributed by atoms with Crippen LogP contribution in [0, 0.1) is 0 Å². The van der Waals surface area contributed by atoms with E-state index < -0.39 is 7.37 Å². The van der Waals surface area contributed by atoms with Crippen LogP contribution in [0.3, 0.4) is 0 Å². The Labute approximate surface area is 68.5 Å². The molecular formula is C8H17O2P. The maximum atomic E-state index is 11.5. The summed E-state index contributed by atoms with van der Waals surface area (Å²) < 4.78 is 11.5. The van der Waals surface area contributed by atoms with Crippen molar-refractivity contribution in [2.24, 2.45) is 0 Å². The molecule has 0 spiro atoms. The molecule has 3 heteroatoms. The molecule has 1 aliphatic rings. The lowest BCUT2D eigenvalue weighted by Gasteiger charge is -2.25. The van der Waals surface area contributed by atoms with E-state index in [-0.39, 0.29) is 5.66 Å². The summed E-state index contributed by atoms with van der Waals surface area (Å²) in [6.45, 7) is 1.81. The molecule has 0 aliphatic heterocycles. The largest absolute Gasteiger partial charge is 0.344 e. The van der Waals surface area contributed by atoms with Gasteiger partial charge in [-0.3, -0.25) is 4.57 Å². The van der Waals surface area contributed by atoms with Gasteiger partial charge in [-0.1, -0.05) is 26.2 Å². The normalized spacial score (nSPS) is 26.4. The number of rotatable bonds is 2. The molecule has 1 atom stereocenters. The molecule has 0 aromatic carbocycles. The number of hydrogen-bond donors (Lipinski definition) is 1. The minimum Gasteiger partial charge on any atom is -0.344 e. The standard InChI is InChI=1S/C8H17O2P/c1-2-11(9,10)8-6-4-3-5-7-8/h8H,2-7H2,1H3,(H,9,10). The Morgan fingerprint density at radius 2 is 1.91 bits per heavy atom. The van der Waals surface area contributed by atoms with Crippen LogP contribution in [0.15, 0.2) is 0 Å². The molecule has 1 rings (SSSR count). The van der Waals surface area contributed by atoms with Gasteiger partial charge in [0.05, 0.1) is 0 Å². The van der Waals surface area contributed by atoms with Crippen LogP contribution in [-0.2, 0) is 4.57 Å². The average Bonchev–Trinajstić information content (AvgIpc) is 2.06. The van der Waals surface area contributed by atoms with E-state index in [4.69, 9.17) is 0 Å². The van der Waals surface area contributed by atoms with E-state index in [1.807, 2.05) is 6.92 Å². The highest BCUT2D eigenvalue weighted by atomic mass is 31.2. The highest BCUT2D eigenvalue weighted by Gasteiger charge is 2.29. The summed E-state index contributed by atoms with van der Waals surface area (Å²) in [6.07, 6.45) is 5.95. The minimum atomic E-state index is -2.75. The van der Waals surface area contributed by atoms with Crippen LogP contribution in [0.1, 0.15) is 39.0 Å². The third-order valence-electron chi connectivity index (χ3n) is 2.60. The molecule has 0 aromatic heterocycles. The van der Waals surface area contributed by atoms with E-state index in [9.17, 15) is 9.46 Å². The first-order valence-corrected chi connectivity index (χ1v) is 6.39. The van der Waals surface area contributed by atoms with Crippen molar-refractivity contribution in [2.45, 2.75) is 44.7 Å². The fraction of sp³-hybridized carbons (Fsp3) is 1.00. The lowest BCUT2D eigenvalue weighted by Crippen LogP contribution is -2.13. The van der Waals surface area contributed by atoms with Gasteiger partial charge in [0, 0.05) is 11.8 Å². The van der Waals surface area contributed by atoms with Gasteiger partial charge in [0.25, 0.3) is 0 Å². The topological polar surface area (TPSA) is 37.3 Å². The summed E-state index contributed by atoms with van der Waals surface area (Å²) in [4.78, 5) is 9.50. The third-order valence-corrected chi connectivity index (χ3v) is 5.16. The highest BCUT2D eigenvalue weighted by Crippen LogP contribution is 2.51. The Kier molecular flexibility index (Phi) is 3.15. The van der Waals surface area contributed by atoms with Crippen LogP contribution in [0.25, 0.3) is 0 Å². The lowest BCUT2D eigenvalue weighted by molar-refractivity contribution is 0.422. The lowest BCUT2D eigenvalue weighted by atomic mass is 10.0. The van der Waals surface area contributed by atoms with Crippen molar-refractivity contribution < 1.29 is 9.46 Å². The van der Waals surface area contributed by atoms with Gasteiger partial charge < -0.3 is 4.89 Å². The van der Waals surface area contributed by atoms with Crippen molar-refractivity contribution in [3.05, 3.63) is 0 Å². The van der Waals surface area contributed by atoms with Crippen LogP contribution < -0.4 is 0 Å². The van der Waals surface area contributed by atoms with Gasteiger partial charge in [-0.15, -0.1) is 0 Å². The number of hydrogen-bond acceptors (Lipinski definition) is 1. The van der Waals surface area contributed by atoms with Crippen LogP contribution in [0.4, 0.5) is 0 Å². The van der Waals surface area contributed by atoms with E-state index in [1.165, 1.54) is 6.42 Å². The van der Waals surface area contributed by atoms with Crippen molar-refractivity contribution in [3.63, 3.8) is 0 Å². The maximum Gasteiger partial charge on any atom is 0.203 e. The third kappa shape index (κ3) is 2.31. The Hall–Kier alpha value is 0.190. The summed E-state index contributed by atoms with van der Waals surface area (Å²) in [5.74, 6) is 0. The van der Waals surface area contributed by atoms with Gasteiger partial charge in [-0.2, -0.15) is 0 Å². The zero-order chi connectivity index (χ0) is 8.32. The van der Waals surface area contributed by atoms with E-state index in [0.29, 0.717) is 6.16 Å². The van der Waals surface area contributed by atoms with Gasteiger partial charge in [0.15, 0.2) is 0 Å². The van der Waals surface area contributed by atoms with E-state index >= 15 is 0 Å². The van der Waals surface area contributed by atoms with Gasteiger partial charge in [-0.25, -0.2) is 0 Å². The van der Waals surface area contributed by atoms with Crippen LogP contribution in [0.5, 0.6) is 0 Å². The summed E-state index contributed by atoms with van der Waals surface area (Å²) in [5.41, 5.74) is 0.126. The zero-order valence-corrected chi connectivity index (χ0v) is 8.02. The minimum absolute atomic E-state index is 0.126. The summed E-state index contributed by atoms with van der Waals surface area (Å²) in [7, 11) is -2.75. The summed E-state index contributed by atoms with van der Waals surface area (Å²) in [6, 6.07) is 0. The molecule has 1 unspecified atom stereocenters. The maximum absolute atomic E-state index is 11.5. The fourth-order valence-corrected chi connectivity index (χ4v) is 3.43. The van der Waals surface area contributed by atoms with Gasteiger partial charge >= 0.3 is 0 Å². The molecule has 1 saturated carbocycles. The first kappa shape index (κ1) is 9.28. The van der Waals surface area contributed by atoms with E-state index in [0.717, 1.165) is 25.7 Å². The predicted octanol–water partition coefficient (Wildman–Crippen LogP) is 2.61. The van der Waals surface area contributed by atoms with Gasteiger partial charge in [0.1, 0.15) is 0 Å². The molecule has 1 N–H and O–H groups in total. The molecule has 2 nitrogen and oxygen atoms in total. The first-order valence-electron chi connectivity index (χ1n) is 4.48. The Morgan fingerprint density at radius 1 is 1.36 bits per heavy atom. The van der Waals surface area contributed by atoms with Crippen LogP contribution >= 0.6 is 7.37 Å². The molecule has 0 bridgehead atoms. The van der Waals surface area contributed by atoms with Crippen LogP contribution in [0.2, 0.25) is 0 Å². The Bertz CT molecular complexity index is 161. The molecular weight excluding hydrogens is 159 g/mol. The highest BCUT2D eigenvalue weighted by molar-refractivity contribution is 7.58. The zero-order valence-electron chi connectivity index (χ0n) is 7.12. The van der Waals surface area contributed by atoms with Crippen molar-refractivity contribution >= 4 is 7.37 Å².